The van der Waals surface area contributed by atoms with Crippen LogP contribution in [0.3, 0.4) is 0 Å². The van der Waals surface area contributed by atoms with Crippen molar-refractivity contribution in [3.05, 3.63) is 34.3 Å². The van der Waals surface area contributed by atoms with E-state index in [4.69, 9.17) is 11.6 Å². The average Bonchev–Trinajstić information content (AvgIpc) is 2.25. The number of carbonyl (C=O) groups excluding carboxylic acids is 1. The Labute approximate surface area is 95.0 Å². The number of rotatable bonds is 4. The van der Waals surface area contributed by atoms with E-state index < -0.39 is 0 Å². The molecule has 0 aliphatic carbocycles. The van der Waals surface area contributed by atoms with E-state index in [1.54, 1.807) is 0 Å². The number of aliphatic imine (C=N–C) groups is 1. The van der Waals surface area contributed by atoms with Gasteiger partial charge in [-0.3, -0.25) is 0 Å². The number of nitrogens with zero attached hydrogens (tertiary/aromatic N) is 1. The molecule has 0 saturated carbocycles. The summed E-state index contributed by atoms with van der Waals surface area (Å²) in [5.74, 6) is 0.459. The van der Waals surface area contributed by atoms with Crippen molar-refractivity contribution in [3.8, 4) is 0 Å². The van der Waals surface area contributed by atoms with Crippen molar-refractivity contribution >= 4 is 17.7 Å². The molecule has 0 N–H and O–H groups in total. The highest BCUT2D eigenvalue weighted by atomic mass is 35.5. The maximum Gasteiger partial charge on any atom is 0.235 e. The Morgan fingerprint density at radius 3 is 2.80 bits per heavy atom. The Kier molecular flexibility index (Phi) is 4.54. The van der Waals surface area contributed by atoms with Crippen LogP contribution in [0.25, 0.3) is 0 Å². The molecule has 2 nitrogen and oxygen atoms in total. The molecule has 1 aromatic rings. The summed E-state index contributed by atoms with van der Waals surface area (Å²) >= 11 is 6.14. The first-order chi connectivity index (χ1) is 7.19. The van der Waals surface area contributed by atoms with Crippen LogP contribution in [-0.4, -0.2) is 6.08 Å². The van der Waals surface area contributed by atoms with Crippen LogP contribution in [0.4, 0.5) is 0 Å². The summed E-state index contributed by atoms with van der Waals surface area (Å²) in [6.07, 6.45) is 2.58. The van der Waals surface area contributed by atoms with Gasteiger partial charge in [-0.2, -0.15) is 0 Å². The molecule has 80 valence electrons. The molecule has 0 bridgehead atoms. The molecule has 1 aromatic carbocycles. The second kappa shape index (κ2) is 5.69. The van der Waals surface area contributed by atoms with Gasteiger partial charge in [0.25, 0.3) is 0 Å². The molecule has 0 aromatic heterocycles. The standard InChI is InChI=1S/C12H14ClNO/c1-3-9(2)11-5-4-10(6-12(11)13)7-14-8-15/h4-6,9H,3,7H2,1-2H3. The largest absolute Gasteiger partial charge is 0.235 e. The maximum absolute atomic E-state index is 9.96. The van der Waals surface area contributed by atoms with Gasteiger partial charge in [-0.25, -0.2) is 9.79 Å². The number of hydrogen-bond acceptors (Lipinski definition) is 2. The fraction of sp³-hybridized carbons (Fsp3) is 0.417. The lowest BCUT2D eigenvalue weighted by Crippen LogP contribution is -1.93. The predicted molar refractivity (Wildman–Crippen MR) is 62.0 cm³/mol. The third kappa shape index (κ3) is 3.19. The number of hydrogen-bond donors (Lipinski definition) is 0. The van der Waals surface area contributed by atoms with Gasteiger partial charge in [0.2, 0.25) is 6.08 Å². The number of isocyanates is 1. The Bertz CT molecular complexity index is 383. The molecule has 15 heavy (non-hydrogen) atoms. The third-order valence-corrected chi connectivity index (χ3v) is 2.86. The summed E-state index contributed by atoms with van der Waals surface area (Å²) in [7, 11) is 0. The first-order valence-electron chi connectivity index (χ1n) is 5.01. The highest BCUT2D eigenvalue weighted by molar-refractivity contribution is 6.31. The minimum absolute atomic E-state index is 0.351. The van der Waals surface area contributed by atoms with Gasteiger partial charge < -0.3 is 0 Å². The van der Waals surface area contributed by atoms with Crippen molar-refractivity contribution in [1.29, 1.82) is 0 Å². The summed E-state index contributed by atoms with van der Waals surface area (Å²) < 4.78 is 0. The van der Waals surface area contributed by atoms with Gasteiger partial charge in [0, 0.05) is 5.02 Å². The van der Waals surface area contributed by atoms with Crippen LogP contribution in [0.5, 0.6) is 0 Å². The average molecular weight is 224 g/mol. The van der Waals surface area contributed by atoms with Crippen molar-refractivity contribution in [2.24, 2.45) is 4.99 Å². The van der Waals surface area contributed by atoms with Gasteiger partial charge in [-0.15, -0.1) is 0 Å². The summed E-state index contributed by atoms with van der Waals surface area (Å²) in [4.78, 5) is 13.5. The van der Waals surface area contributed by atoms with Crippen molar-refractivity contribution in [2.45, 2.75) is 32.7 Å². The van der Waals surface area contributed by atoms with E-state index in [1.165, 1.54) is 6.08 Å². The lowest BCUT2D eigenvalue weighted by atomic mass is 9.97. The monoisotopic (exact) mass is 223 g/mol. The van der Waals surface area contributed by atoms with Crippen LogP contribution in [-0.2, 0) is 11.3 Å². The van der Waals surface area contributed by atoms with Crippen LogP contribution in [0.1, 0.15) is 37.3 Å². The second-order valence-corrected chi connectivity index (χ2v) is 3.98. The first kappa shape index (κ1) is 12.0. The second-order valence-electron chi connectivity index (χ2n) is 3.57. The topological polar surface area (TPSA) is 29.4 Å². The molecule has 0 aliphatic rings. The summed E-state index contributed by atoms with van der Waals surface area (Å²) in [6.45, 7) is 4.63. The van der Waals surface area contributed by atoms with Crippen molar-refractivity contribution in [1.82, 2.24) is 0 Å². The number of benzene rings is 1. The van der Waals surface area contributed by atoms with E-state index >= 15 is 0 Å². The molecule has 0 amide bonds. The summed E-state index contributed by atoms with van der Waals surface area (Å²) in [6, 6.07) is 5.82. The molecular formula is C12H14ClNO. The van der Waals surface area contributed by atoms with Gasteiger partial charge >= 0.3 is 0 Å². The molecule has 1 atom stereocenters. The Balaban J connectivity index is 2.92. The Morgan fingerprint density at radius 1 is 1.53 bits per heavy atom. The van der Waals surface area contributed by atoms with E-state index in [1.807, 2.05) is 18.2 Å². The van der Waals surface area contributed by atoms with Gasteiger partial charge in [-0.1, -0.05) is 37.6 Å². The molecular weight excluding hydrogens is 210 g/mol. The Morgan fingerprint density at radius 2 is 2.27 bits per heavy atom. The van der Waals surface area contributed by atoms with Gasteiger partial charge in [0.15, 0.2) is 0 Å². The number of halogens is 1. The molecule has 0 aliphatic heterocycles. The molecule has 0 spiro atoms. The van der Waals surface area contributed by atoms with Gasteiger partial charge in [-0.05, 0) is 29.5 Å². The molecule has 0 radical (unpaired) electrons. The molecule has 1 unspecified atom stereocenters. The third-order valence-electron chi connectivity index (χ3n) is 2.53. The summed E-state index contributed by atoms with van der Waals surface area (Å²) in [5, 5.41) is 0.753. The van der Waals surface area contributed by atoms with E-state index in [-0.39, 0.29) is 0 Å². The quantitative estimate of drug-likeness (QED) is 0.566. The smallest absolute Gasteiger partial charge is 0.211 e. The van der Waals surface area contributed by atoms with E-state index in [2.05, 4.69) is 18.8 Å². The van der Waals surface area contributed by atoms with Crippen LogP contribution in [0.15, 0.2) is 23.2 Å². The Hall–Kier alpha value is -1.11. The predicted octanol–water partition coefficient (Wildman–Crippen LogP) is 3.69. The molecule has 3 heteroatoms. The van der Waals surface area contributed by atoms with Crippen molar-refractivity contribution in [3.63, 3.8) is 0 Å². The van der Waals surface area contributed by atoms with E-state index in [9.17, 15) is 4.79 Å². The highest BCUT2D eigenvalue weighted by Crippen LogP contribution is 2.27. The lowest BCUT2D eigenvalue weighted by Gasteiger charge is -2.11. The zero-order valence-electron chi connectivity index (χ0n) is 8.96. The fourth-order valence-electron chi connectivity index (χ4n) is 1.41. The van der Waals surface area contributed by atoms with Crippen LogP contribution < -0.4 is 0 Å². The molecule has 0 heterocycles. The van der Waals surface area contributed by atoms with E-state index in [0.717, 1.165) is 22.6 Å². The van der Waals surface area contributed by atoms with E-state index in [0.29, 0.717) is 12.5 Å². The lowest BCUT2D eigenvalue weighted by molar-refractivity contribution is 0.563. The minimum atomic E-state index is 0.351. The normalized spacial score (nSPS) is 11.9. The molecule has 0 fully saturated rings. The van der Waals surface area contributed by atoms with Gasteiger partial charge in [0.05, 0.1) is 6.54 Å². The zero-order valence-corrected chi connectivity index (χ0v) is 9.71. The van der Waals surface area contributed by atoms with Gasteiger partial charge in [0.1, 0.15) is 0 Å². The molecule has 1 rings (SSSR count). The fourth-order valence-corrected chi connectivity index (χ4v) is 1.80. The zero-order chi connectivity index (χ0) is 11.3. The summed E-state index contributed by atoms with van der Waals surface area (Å²) in [5.41, 5.74) is 2.09. The maximum atomic E-state index is 9.96. The van der Waals surface area contributed by atoms with Crippen LogP contribution in [0, 0.1) is 0 Å². The van der Waals surface area contributed by atoms with Crippen molar-refractivity contribution < 1.29 is 4.79 Å². The SMILES string of the molecule is CCC(C)c1ccc(CN=C=O)cc1Cl. The van der Waals surface area contributed by atoms with Crippen molar-refractivity contribution in [2.75, 3.05) is 0 Å². The van der Waals surface area contributed by atoms with Crippen LogP contribution >= 0.6 is 11.6 Å². The highest BCUT2D eigenvalue weighted by Gasteiger charge is 2.07. The minimum Gasteiger partial charge on any atom is -0.211 e. The van der Waals surface area contributed by atoms with Crippen LogP contribution in [0.2, 0.25) is 5.02 Å². The first-order valence-corrected chi connectivity index (χ1v) is 5.38. The molecule has 0 saturated heterocycles.